The highest BCUT2D eigenvalue weighted by molar-refractivity contribution is 8.26. The Morgan fingerprint density at radius 3 is 3.00 bits per heavy atom. The van der Waals surface area contributed by atoms with Crippen LogP contribution in [0.3, 0.4) is 0 Å². The van der Waals surface area contributed by atoms with Crippen LogP contribution < -0.4 is 0 Å². The predicted molar refractivity (Wildman–Crippen MR) is 85.4 cm³/mol. The number of amides is 1. The second-order valence-electron chi connectivity index (χ2n) is 4.27. The van der Waals surface area contributed by atoms with E-state index in [1.54, 1.807) is 12.3 Å². The van der Waals surface area contributed by atoms with E-state index in [0.717, 1.165) is 0 Å². The second kappa shape index (κ2) is 7.33. The first-order valence-electron chi connectivity index (χ1n) is 6.35. The lowest BCUT2D eigenvalue weighted by atomic mass is 10.3. The van der Waals surface area contributed by atoms with Gasteiger partial charge in [0, 0.05) is 19.2 Å². The zero-order valence-electron chi connectivity index (χ0n) is 11.4. The molecule has 0 radical (unpaired) electrons. The van der Waals surface area contributed by atoms with E-state index in [1.165, 1.54) is 23.8 Å². The van der Waals surface area contributed by atoms with Crippen molar-refractivity contribution in [2.24, 2.45) is 0 Å². The molecule has 5 nitrogen and oxygen atoms in total. The monoisotopic (exact) mass is 322 g/mol. The largest absolute Gasteiger partial charge is 0.469 e. The second-order valence-corrected chi connectivity index (χ2v) is 5.94. The molecule has 1 aromatic rings. The van der Waals surface area contributed by atoms with Gasteiger partial charge in [0.15, 0.2) is 0 Å². The molecule has 7 heteroatoms. The molecular weight excluding hydrogens is 308 g/mol. The molecule has 1 saturated heterocycles. The average Bonchev–Trinajstić information content (AvgIpc) is 2.75. The van der Waals surface area contributed by atoms with Crippen molar-refractivity contribution in [1.29, 1.82) is 0 Å². The van der Waals surface area contributed by atoms with Crippen molar-refractivity contribution in [2.75, 3.05) is 13.7 Å². The van der Waals surface area contributed by atoms with Crippen LogP contribution in [0.4, 0.5) is 0 Å². The lowest BCUT2D eigenvalue weighted by molar-refractivity contribution is -0.141. The maximum Gasteiger partial charge on any atom is 0.305 e. The molecule has 1 aromatic heterocycles. The number of aromatic nitrogens is 1. The van der Waals surface area contributed by atoms with E-state index in [-0.39, 0.29) is 18.3 Å². The van der Waals surface area contributed by atoms with Gasteiger partial charge in [-0.1, -0.05) is 30.0 Å². The summed E-state index contributed by atoms with van der Waals surface area (Å²) in [6.45, 7) is 0.416. The summed E-state index contributed by atoms with van der Waals surface area (Å²) in [4.78, 5) is 29.6. The van der Waals surface area contributed by atoms with Crippen LogP contribution in [0.2, 0.25) is 0 Å². The van der Waals surface area contributed by atoms with E-state index in [9.17, 15) is 9.59 Å². The number of hydrogen-bond acceptors (Lipinski definition) is 6. The van der Waals surface area contributed by atoms with E-state index < -0.39 is 0 Å². The van der Waals surface area contributed by atoms with Gasteiger partial charge in [-0.15, -0.1) is 0 Å². The predicted octanol–water partition coefficient (Wildman–Crippen LogP) is 2.24. The molecular formula is C14H14N2O3S2. The third-order valence-electron chi connectivity index (χ3n) is 2.83. The van der Waals surface area contributed by atoms with E-state index in [4.69, 9.17) is 12.2 Å². The molecule has 2 rings (SSSR count). The molecule has 1 fully saturated rings. The summed E-state index contributed by atoms with van der Waals surface area (Å²) in [7, 11) is 1.34. The van der Waals surface area contributed by atoms with Gasteiger partial charge in [0.25, 0.3) is 5.91 Å². The van der Waals surface area contributed by atoms with Gasteiger partial charge in [-0.05, 0) is 24.6 Å². The molecule has 0 unspecified atom stereocenters. The van der Waals surface area contributed by atoms with Crippen LogP contribution in [-0.4, -0.2) is 39.7 Å². The van der Waals surface area contributed by atoms with Crippen LogP contribution in [0.5, 0.6) is 0 Å². The highest BCUT2D eigenvalue weighted by Crippen LogP contribution is 2.32. The van der Waals surface area contributed by atoms with Gasteiger partial charge >= 0.3 is 5.97 Å². The molecule has 0 N–H and O–H groups in total. The summed E-state index contributed by atoms with van der Waals surface area (Å²) in [5, 5.41) is 0. The van der Waals surface area contributed by atoms with Crippen LogP contribution >= 0.6 is 24.0 Å². The summed E-state index contributed by atoms with van der Waals surface area (Å²) in [6.07, 6.45) is 4.19. The van der Waals surface area contributed by atoms with Crippen molar-refractivity contribution >= 4 is 46.3 Å². The minimum absolute atomic E-state index is 0.138. The first kappa shape index (κ1) is 15.7. The number of esters is 1. The Morgan fingerprint density at radius 2 is 2.33 bits per heavy atom. The van der Waals surface area contributed by atoms with Gasteiger partial charge < -0.3 is 4.74 Å². The van der Waals surface area contributed by atoms with E-state index in [1.807, 2.05) is 18.2 Å². The Kier molecular flexibility index (Phi) is 5.46. The number of methoxy groups -OCH3 is 1. The molecule has 0 bridgehead atoms. The van der Waals surface area contributed by atoms with E-state index in [0.29, 0.717) is 27.9 Å². The van der Waals surface area contributed by atoms with Crippen molar-refractivity contribution in [3.63, 3.8) is 0 Å². The van der Waals surface area contributed by atoms with Gasteiger partial charge in [-0.25, -0.2) is 0 Å². The SMILES string of the molecule is COC(=O)CCCN1C(=O)C(=Cc2ccccn2)SC1=S. The maximum atomic E-state index is 12.3. The Labute approximate surface area is 132 Å². The minimum Gasteiger partial charge on any atom is -0.469 e. The topological polar surface area (TPSA) is 59.5 Å². The van der Waals surface area contributed by atoms with Gasteiger partial charge in [-0.2, -0.15) is 0 Å². The maximum absolute atomic E-state index is 12.3. The quantitative estimate of drug-likeness (QED) is 0.471. The first-order valence-corrected chi connectivity index (χ1v) is 7.57. The van der Waals surface area contributed by atoms with Crippen LogP contribution in [0, 0.1) is 0 Å². The van der Waals surface area contributed by atoms with Crippen LogP contribution in [-0.2, 0) is 14.3 Å². The zero-order valence-corrected chi connectivity index (χ0v) is 13.1. The molecule has 110 valence electrons. The van der Waals surface area contributed by atoms with Crippen molar-refractivity contribution < 1.29 is 14.3 Å². The first-order chi connectivity index (χ1) is 10.1. The van der Waals surface area contributed by atoms with Gasteiger partial charge in [0.05, 0.1) is 17.7 Å². The van der Waals surface area contributed by atoms with Gasteiger partial charge in [0.2, 0.25) is 0 Å². The highest BCUT2D eigenvalue weighted by Gasteiger charge is 2.31. The normalized spacial score (nSPS) is 16.6. The van der Waals surface area contributed by atoms with E-state index in [2.05, 4.69) is 9.72 Å². The summed E-state index contributed by atoms with van der Waals surface area (Å²) in [5.41, 5.74) is 0.715. The Balaban J connectivity index is 2.00. The van der Waals surface area contributed by atoms with Crippen LogP contribution in [0.25, 0.3) is 6.08 Å². The van der Waals surface area contributed by atoms with Crippen LogP contribution in [0.1, 0.15) is 18.5 Å². The number of thiocarbonyl (C=S) groups is 1. The fourth-order valence-electron chi connectivity index (χ4n) is 1.77. The summed E-state index contributed by atoms with van der Waals surface area (Å²) < 4.78 is 5.08. The number of pyridine rings is 1. The summed E-state index contributed by atoms with van der Waals surface area (Å²) in [6, 6.07) is 5.50. The van der Waals surface area contributed by atoms with Crippen molar-refractivity contribution in [3.8, 4) is 0 Å². The molecule has 1 amide bonds. The Bertz CT molecular complexity index is 587. The molecule has 0 atom stereocenters. The molecule has 21 heavy (non-hydrogen) atoms. The summed E-state index contributed by atoms with van der Waals surface area (Å²) >= 11 is 6.46. The van der Waals surface area contributed by atoms with Gasteiger partial charge in [0.1, 0.15) is 4.32 Å². The molecule has 1 aliphatic rings. The van der Waals surface area contributed by atoms with Crippen molar-refractivity contribution in [1.82, 2.24) is 9.88 Å². The lowest BCUT2D eigenvalue weighted by Gasteiger charge is -2.13. The third-order valence-corrected chi connectivity index (χ3v) is 4.21. The Morgan fingerprint density at radius 1 is 1.52 bits per heavy atom. The number of thioether (sulfide) groups is 1. The lowest BCUT2D eigenvalue weighted by Crippen LogP contribution is -2.29. The Hall–Kier alpha value is -1.73. The molecule has 0 spiro atoms. The standard InChI is InChI=1S/C14H14N2O3S2/c1-19-12(17)6-4-8-16-13(18)11(21-14(16)20)9-10-5-2-3-7-15-10/h2-3,5,7,9H,4,6,8H2,1H3. The smallest absolute Gasteiger partial charge is 0.305 e. The highest BCUT2D eigenvalue weighted by atomic mass is 32.2. The molecule has 0 aliphatic carbocycles. The number of hydrogen-bond donors (Lipinski definition) is 0. The van der Waals surface area contributed by atoms with Crippen molar-refractivity contribution in [2.45, 2.75) is 12.8 Å². The number of carbonyl (C=O) groups is 2. The average molecular weight is 322 g/mol. The van der Waals surface area contributed by atoms with Crippen molar-refractivity contribution in [3.05, 3.63) is 35.0 Å². The zero-order chi connectivity index (χ0) is 15.2. The third kappa shape index (κ3) is 4.12. The minimum atomic E-state index is -0.288. The molecule has 0 saturated carbocycles. The fourth-order valence-corrected chi connectivity index (χ4v) is 3.07. The molecule has 2 heterocycles. The summed E-state index contributed by atoms with van der Waals surface area (Å²) in [5.74, 6) is -0.426. The molecule has 1 aliphatic heterocycles. The number of nitrogens with zero attached hydrogens (tertiary/aromatic N) is 2. The van der Waals surface area contributed by atoms with Crippen LogP contribution in [0.15, 0.2) is 29.3 Å². The fraction of sp³-hybridized carbons (Fsp3) is 0.286. The van der Waals surface area contributed by atoms with Gasteiger partial charge in [-0.3, -0.25) is 19.5 Å². The number of ether oxygens (including phenoxy) is 1. The number of rotatable bonds is 5. The number of carbonyl (C=O) groups excluding carboxylic acids is 2. The van der Waals surface area contributed by atoms with E-state index >= 15 is 0 Å². The molecule has 0 aromatic carbocycles.